The lowest BCUT2D eigenvalue weighted by Crippen LogP contribution is -2.24. The SMILES string of the molecule is O=C(COc1ccc(C2SCCS2)cc1)N/N=C\c1cn(Cc2ccc(F)cc2)c2ccccc12. The van der Waals surface area contributed by atoms with Gasteiger partial charge >= 0.3 is 0 Å². The number of ether oxygens (including phenoxy) is 1. The van der Waals surface area contributed by atoms with Gasteiger partial charge in [-0.1, -0.05) is 42.5 Å². The number of amides is 1. The van der Waals surface area contributed by atoms with Crippen LogP contribution < -0.4 is 10.2 Å². The maximum Gasteiger partial charge on any atom is 0.277 e. The van der Waals surface area contributed by atoms with E-state index in [1.807, 2.05) is 66.1 Å². The molecule has 4 aromatic rings. The van der Waals surface area contributed by atoms with E-state index in [0.717, 1.165) is 22.0 Å². The zero-order chi connectivity index (χ0) is 24.0. The van der Waals surface area contributed by atoms with Gasteiger partial charge in [-0.05, 0) is 41.5 Å². The number of benzene rings is 3. The highest BCUT2D eigenvalue weighted by atomic mass is 32.2. The summed E-state index contributed by atoms with van der Waals surface area (Å²) in [5.41, 5.74) is 6.72. The van der Waals surface area contributed by atoms with E-state index in [-0.39, 0.29) is 18.3 Å². The van der Waals surface area contributed by atoms with Crippen LogP contribution in [-0.4, -0.2) is 34.8 Å². The smallest absolute Gasteiger partial charge is 0.277 e. The molecule has 35 heavy (non-hydrogen) atoms. The second-order valence-corrected chi connectivity index (χ2v) is 10.8. The Morgan fingerprint density at radius 2 is 1.80 bits per heavy atom. The maximum atomic E-state index is 13.2. The summed E-state index contributed by atoms with van der Waals surface area (Å²) in [5.74, 6) is 2.44. The van der Waals surface area contributed by atoms with Crippen LogP contribution in [0.15, 0.2) is 84.1 Å². The van der Waals surface area contributed by atoms with Crippen LogP contribution in [0.1, 0.15) is 21.3 Å². The Morgan fingerprint density at radius 3 is 2.57 bits per heavy atom. The number of fused-ring (bicyclic) bond motifs is 1. The normalized spacial score (nSPS) is 14.1. The molecule has 0 aliphatic carbocycles. The van der Waals surface area contributed by atoms with Gasteiger partial charge in [0.1, 0.15) is 11.6 Å². The zero-order valence-electron chi connectivity index (χ0n) is 18.9. The van der Waals surface area contributed by atoms with Gasteiger partial charge in [0.2, 0.25) is 0 Å². The highest BCUT2D eigenvalue weighted by Crippen LogP contribution is 2.45. The van der Waals surface area contributed by atoms with Crippen LogP contribution in [0.4, 0.5) is 4.39 Å². The zero-order valence-corrected chi connectivity index (χ0v) is 20.5. The first-order valence-electron chi connectivity index (χ1n) is 11.3. The first kappa shape index (κ1) is 23.5. The first-order valence-corrected chi connectivity index (χ1v) is 13.4. The van der Waals surface area contributed by atoms with Crippen LogP contribution >= 0.6 is 23.5 Å². The number of nitrogens with one attached hydrogen (secondary N) is 1. The predicted molar refractivity (Wildman–Crippen MR) is 143 cm³/mol. The van der Waals surface area contributed by atoms with E-state index in [4.69, 9.17) is 4.74 Å². The van der Waals surface area contributed by atoms with Gasteiger partial charge in [-0.15, -0.1) is 23.5 Å². The van der Waals surface area contributed by atoms with E-state index in [9.17, 15) is 9.18 Å². The summed E-state index contributed by atoms with van der Waals surface area (Å²) < 4.78 is 21.4. The number of rotatable bonds is 8. The van der Waals surface area contributed by atoms with E-state index >= 15 is 0 Å². The third-order valence-corrected chi connectivity index (χ3v) is 8.73. The molecule has 5 rings (SSSR count). The molecule has 0 radical (unpaired) electrons. The van der Waals surface area contributed by atoms with Crippen molar-refractivity contribution in [3.63, 3.8) is 0 Å². The topological polar surface area (TPSA) is 55.6 Å². The lowest BCUT2D eigenvalue weighted by Gasteiger charge is -2.10. The van der Waals surface area contributed by atoms with Crippen molar-refractivity contribution in [3.05, 3.63) is 102 Å². The van der Waals surface area contributed by atoms with Crippen molar-refractivity contribution in [1.82, 2.24) is 9.99 Å². The summed E-state index contributed by atoms with van der Waals surface area (Å²) in [6.45, 7) is 0.488. The molecule has 0 unspecified atom stereocenters. The molecule has 0 bridgehead atoms. The number of hydrazone groups is 1. The molecule has 8 heteroatoms. The molecule has 1 fully saturated rings. The molecule has 3 aromatic carbocycles. The Labute approximate surface area is 211 Å². The monoisotopic (exact) mass is 505 g/mol. The van der Waals surface area contributed by atoms with Crippen LogP contribution in [0.3, 0.4) is 0 Å². The quantitative estimate of drug-likeness (QED) is 0.242. The standard InChI is InChI=1S/C27H24FN3O2S2/c28-22-9-5-19(6-10-22)16-31-17-21(24-3-1-2-4-25(24)31)15-29-30-26(32)18-33-23-11-7-20(8-12-23)27-34-13-14-35-27/h1-12,15,17,27H,13-14,16,18H2,(H,30,32)/b29-15-. The van der Waals surface area contributed by atoms with Crippen LogP contribution in [0.25, 0.3) is 10.9 Å². The van der Waals surface area contributed by atoms with Crippen LogP contribution in [0.5, 0.6) is 5.75 Å². The lowest BCUT2D eigenvalue weighted by atomic mass is 10.2. The van der Waals surface area contributed by atoms with Crippen molar-refractivity contribution >= 4 is 46.5 Å². The number of hydrogen-bond donors (Lipinski definition) is 1. The van der Waals surface area contributed by atoms with E-state index in [1.54, 1.807) is 18.3 Å². The summed E-state index contributed by atoms with van der Waals surface area (Å²) in [6, 6.07) is 22.4. The van der Waals surface area contributed by atoms with Crippen molar-refractivity contribution in [2.45, 2.75) is 11.1 Å². The second-order valence-electron chi connectivity index (χ2n) is 8.08. The molecule has 1 aliphatic rings. The highest BCUT2D eigenvalue weighted by molar-refractivity contribution is 8.19. The summed E-state index contributed by atoms with van der Waals surface area (Å²) in [4.78, 5) is 12.2. The summed E-state index contributed by atoms with van der Waals surface area (Å²) in [5, 5.41) is 5.15. The molecule has 1 saturated heterocycles. The van der Waals surface area contributed by atoms with Crippen LogP contribution in [-0.2, 0) is 11.3 Å². The third kappa shape index (κ3) is 5.89. The Balaban J connectivity index is 1.19. The van der Waals surface area contributed by atoms with Gasteiger partial charge in [0, 0.05) is 40.7 Å². The Morgan fingerprint density at radius 1 is 1.06 bits per heavy atom. The number of para-hydroxylation sites is 1. The van der Waals surface area contributed by atoms with E-state index in [0.29, 0.717) is 16.9 Å². The Hall–Kier alpha value is -3.23. The first-order chi connectivity index (χ1) is 17.2. The molecule has 0 atom stereocenters. The van der Waals surface area contributed by atoms with Crippen molar-refractivity contribution in [3.8, 4) is 5.75 Å². The summed E-state index contributed by atoms with van der Waals surface area (Å²) in [6.07, 6.45) is 3.61. The van der Waals surface area contributed by atoms with Crippen molar-refractivity contribution in [1.29, 1.82) is 0 Å². The fraction of sp³-hybridized carbons (Fsp3) is 0.185. The van der Waals surface area contributed by atoms with E-state index in [1.165, 1.54) is 29.2 Å². The average molecular weight is 506 g/mol. The van der Waals surface area contributed by atoms with Crippen molar-refractivity contribution in [2.75, 3.05) is 18.1 Å². The largest absolute Gasteiger partial charge is 0.484 e. The van der Waals surface area contributed by atoms with Crippen molar-refractivity contribution < 1.29 is 13.9 Å². The van der Waals surface area contributed by atoms with Gasteiger partial charge in [0.15, 0.2) is 6.61 Å². The molecule has 1 N–H and O–H groups in total. The van der Waals surface area contributed by atoms with Crippen LogP contribution in [0, 0.1) is 5.82 Å². The highest BCUT2D eigenvalue weighted by Gasteiger charge is 2.18. The number of hydrogen-bond acceptors (Lipinski definition) is 5. The van der Waals surface area contributed by atoms with Gasteiger partial charge in [0.05, 0.1) is 10.8 Å². The number of halogens is 1. The van der Waals surface area contributed by atoms with E-state index < -0.39 is 0 Å². The molecule has 2 heterocycles. The minimum Gasteiger partial charge on any atom is -0.484 e. The lowest BCUT2D eigenvalue weighted by molar-refractivity contribution is -0.123. The second kappa shape index (κ2) is 11.0. The van der Waals surface area contributed by atoms with Crippen LogP contribution in [0.2, 0.25) is 0 Å². The number of carbonyl (C=O) groups is 1. The molecular formula is C27H24FN3O2S2. The minimum atomic E-state index is -0.331. The predicted octanol–water partition coefficient (Wildman–Crippen LogP) is 5.84. The average Bonchev–Trinajstić information content (AvgIpc) is 3.54. The summed E-state index contributed by atoms with van der Waals surface area (Å²) in [7, 11) is 0. The van der Waals surface area contributed by atoms with E-state index in [2.05, 4.69) is 27.2 Å². The van der Waals surface area contributed by atoms with Gasteiger partial charge in [-0.25, -0.2) is 9.82 Å². The number of aromatic nitrogens is 1. The van der Waals surface area contributed by atoms with Gasteiger partial charge in [-0.2, -0.15) is 5.10 Å². The Kier molecular flexibility index (Phi) is 7.39. The van der Waals surface area contributed by atoms with Gasteiger partial charge in [0.25, 0.3) is 5.91 Å². The molecule has 1 amide bonds. The van der Waals surface area contributed by atoms with Gasteiger partial charge < -0.3 is 9.30 Å². The fourth-order valence-corrected chi connectivity index (χ4v) is 6.78. The third-order valence-electron chi connectivity index (χ3n) is 5.62. The number of thioether (sulfide) groups is 2. The molecule has 0 spiro atoms. The van der Waals surface area contributed by atoms with Gasteiger partial charge in [-0.3, -0.25) is 4.79 Å². The summed E-state index contributed by atoms with van der Waals surface area (Å²) >= 11 is 3.91. The molecule has 178 valence electrons. The fourth-order valence-electron chi connectivity index (χ4n) is 3.92. The number of carbonyl (C=O) groups excluding carboxylic acids is 1. The molecule has 1 aromatic heterocycles. The molecule has 5 nitrogen and oxygen atoms in total. The van der Waals surface area contributed by atoms with Crippen molar-refractivity contribution in [2.24, 2.45) is 5.10 Å². The molecule has 0 saturated carbocycles. The molecular weight excluding hydrogens is 481 g/mol. The maximum absolute atomic E-state index is 13.2. The molecule has 1 aliphatic heterocycles. The number of nitrogens with zero attached hydrogens (tertiary/aromatic N) is 2. The Bertz CT molecular complexity index is 1330. The minimum absolute atomic E-state index is 0.115.